The third-order valence-corrected chi connectivity index (χ3v) is 3.52. The van der Waals surface area contributed by atoms with Gasteiger partial charge in [0.25, 0.3) is 0 Å². The Morgan fingerprint density at radius 3 is 2.78 bits per heavy atom. The number of furan rings is 1. The molecular formula is C13H12INO3. The summed E-state index contributed by atoms with van der Waals surface area (Å²) < 4.78 is 6.27. The van der Waals surface area contributed by atoms with E-state index in [1.807, 2.05) is 24.3 Å². The van der Waals surface area contributed by atoms with E-state index < -0.39 is 5.97 Å². The van der Waals surface area contributed by atoms with Crippen LogP contribution in [-0.4, -0.2) is 11.1 Å². The SMILES string of the molecule is Cc1oc(C(=O)O)cc1CNc1ccccc1I. The van der Waals surface area contributed by atoms with Gasteiger partial charge in [0.15, 0.2) is 0 Å². The van der Waals surface area contributed by atoms with Gasteiger partial charge < -0.3 is 14.8 Å². The van der Waals surface area contributed by atoms with Crippen LogP contribution in [0.3, 0.4) is 0 Å². The summed E-state index contributed by atoms with van der Waals surface area (Å²) in [5.41, 5.74) is 1.88. The molecule has 0 atom stereocenters. The Hall–Kier alpha value is -1.50. The molecule has 1 aromatic heterocycles. The lowest BCUT2D eigenvalue weighted by atomic mass is 10.2. The Bertz CT molecular complexity index is 577. The molecule has 4 nitrogen and oxygen atoms in total. The lowest BCUT2D eigenvalue weighted by Gasteiger charge is -2.07. The lowest BCUT2D eigenvalue weighted by Crippen LogP contribution is -2.01. The minimum Gasteiger partial charge on any atom is -0.475 e. The van der Waals surface area contributed by atoms with Gasteiger partial charge >= 0.3 is 5.97 Å². The van der Waals surface area contributed by atoms with E-state index >= 15 is 0 Å². The molecule has 0 spiro atoms. The third-order valence-electron chi connectivity index (χ3n) is 2.57. The summed E-state index contributed by atoms with van der Waals surface area (Å²) in [7, 11) is 0. The van der Waals surface area contributed by atoms with Gasteiger partial charge in [-0.05, 0) is 47.7 Å². The standard InChI is InChI=1S/C13H12INO3/c1-8-9(6-12(18-8)13(16)17)7-15-11-5-3-2-4-10(11)14/h2-6,15H,7H2,1H3,(H,16,17). The number of benzene rings is 1. The Morgan fingerprint density at radius 2 is 2.17 bits per heavy atom. The van der Waals surface area contributed by atoms with Crippen molar-refractivity contribution >= 4 is 34.2 Å². The Morgan fingerprint density at radius 1 is 1.44 bits per heavy atom. The summed E-state index contributed by atoms with van der Waals surface area (Å²) in [6, 6.07) is 9.47. The van der Waals surface area contributed by atoms with Crippen LogP contribution < -0.4 is 5.32 Å². The zero-order chi connectivity index (χ0) is 13.1. The number of aryl methyl sites for hydroxylation is 1. The lowest BCUT2D eigenvalue weighted by molar-refractivity contribution is 0.0661. The van der Waals surface area contributed by atoms with Gasteiger partial charge in [-0.1, -0.05) is 12.1 Å². The van der Waals surface area contributed by atoms with Gasteiger partial charge in [0.2, 0.25) is 5.76 Å². The molecule has 0 aliphatic rings. The minimum absolute atomic E-state index is 0.0212. The van der Waals surface area contributed by atoms with Crippen LogP contribution in [0, 0.1) is 10.5 Å². The summed E-state index contributed by atoms with van der Waals surface area (Å²) in [5.74, 6) is -0.434. The first kappa shape index (κ1) is 12.9. The van der Waals surface area contributed by atoms with Gasteiger partial charge in [0, 0.05) is 21.4 Å². The Balaban J connectivity index is 2.11. The van der Waals surface area contributed by atoms with Crippen molar-refractivity contribution in [2.24, 2.45) is 0 Å². The molecule has 0 bridgehead atoms. The number of aromatic carboxylic acids is 1. The van der Waals surface area contributed by atoms with Crippen LogP contribution in [0.4, 0.5) is 5.69 Å². The number of hydrogen-bond donors (Lipinski definition) is 2. The predicted molar refractivity (Wildman–Crippen MR) is 76.9 cm³/mol. The van der Waals surface area contributed by atoms with Crippen molar-refractivity contribution < 1.29 is 14.3 Å². The molecule has 94 valence electrons. The number of rotatable bonds is 4. The molecule has 18 heavy (non-hydrogen) atoms. The summed E-state index contributed by atoms with van der Waals surface area (Å²) in [5, 5.41) is 12.1. The highest BCUT2D eigenvalue weighted by atomic mass is 127. The molecule has 1 heterocycles. The van der Waals surface area contributed by atoms with Crippen molar-refractivity contribution in [3.05, 3.63) is 51.0 Å². The number of carboxylic acid groups (broad SMARTS) is 1. The van der Waals surface area contributed by atoms with Crippen molar-refractivity contribution in [2.45, 2.75) is 13.5 Å². The van der Waals surface area contributed by atoms with Gasteiger partial charge in [0.05, 0.1) is 0 Å². The van der Waals surface area contributed by atoms with E-state index in [4.69, 9.17) is 9.52 Å². The molecular weight excluding hydrogens is 345 g/mol. The Labute approximate surface area is 118 Å². The van der Waals surface area contributed by atoms with Crippen LogP contribution in [0.2, 0.25) is 0 Å². The van der Waals surface area contributed by atoms with Crippen molar-refractivity contribution in [1.29, 1.82) is 0 Å². The predicted octanol–water partition coefficient (Wildman–Crippen LogP) is 3.50. The van der Waals surface area contributed by atoms with E-state index in [-0.39, 0.29) is 5.76 Å². The van der Waals surface area contributed by atoms with Crippen LogP contribution in [0.15, 0.2) is 34.7 Å². The Kier molecular flexibility index (Phi) is 3.90. The second-order valence-electron chi connectivity index (χ2n) is 3.83. The molecule has 2 rings (SSSR count). The molecule has 5 heteroatoms. The highest BCUT2D eigenvalue weighted by Crippen LogP contribution is 2.20. The second kappa shape index (κ2) is 5.43. The zero-order valence-corrected chi connectivity index (χ0v) is 11.9. The van der Waals surface area contributed by atoms with Crippen LogP contribution in [0.25, 0.3) is 0 Å². The number of hydrogen-bond acceptors (Lipinski definition) is 3. The number of halogens is 1. The average molecular weight is 357 g/mol. The first-order chi connectivity index (χ1) is 8.58. The third kappa shape index (κ3) is 2.84. The molecule has 0 saturated carbocycles. The van der Waals surface area contributed by atoms with Gasteiger partial charge in [-0.3, -0.25) is 0 Å². The van der Waals surface area contributed by atoms with Crippen molar-refractivity contribution in [2.75, 3.05) is 5.32 Å². The molecule has 0 unspecified atom stereocenters. The smallest absolute Gasteiger partial charge is 0.371 e. The molecule has 2 aromatic rings. The monoisotopic (exact) mass is 357 g/mol. The number of carbonyl (C=O) groups is 1. The van der Waals surface area contributed by atoms with Gasteiger partial charge in [-0.2, -0.15) is 0 Å². The normalized spacial score (nSPS) is 10.3. The fourth-order valence-electron chi connectivity index (χ4n) is 1.60. The number of anilines is 1. The minimum atomic E-state index is -1.04. The van der Waals surface area contributed by atoms with Crippen LogP contribution in [0.5, 0.6) is 0 Å². The molecule has 0 aliphatic carbocycles. The van der Waals surface area contributed by atoms with Gasteiger partial charge in [-0.15, -0.1) is 0 Å². The molecule has 0 aliphatic heterocycles. The maximum Gasteiger partial charge on any atom is 0.371 e. The second-order valence-corrected chi connectivity index (χ2v) is 4.99. The van der Waals surface area contributed by atoms with E-state index in [1.165, 1.54) is 0 Å². The molecule has 0 amide bonds. The molecule has 0 fully saturated rings. The zero-order valence-electron chi connectivity index (χ0n) is 9.74. The first-order valence-corrected chi connectivity index (χ1v) is 6.47. The fraction of sp³-hybridized carbons (Fsp3) is 0.154. The van der Waals surface area contributed by atoms with Crippen molar-refractivity contribution in [3.63, 3.8) is 0 Å². The highest BCUT2D eigenvalue weighted by Gasteiger charge is 2.12. The maximum absolute atomic E-state index is 10.8. The van der Waals surface area contributed by atoms with Crippen LogP contribution in [-0.2, 0) is 6.54 Å². The van der Waals surface area contributed by atoms with E-state index in [0.717, 1.165) is 14.8 Å². The van der Waals surface area contributed by atoms with Crippen molar-refractivity contribution in [3.8, 4) is 0 Å². The molecule has 2 N–H and O–H groups in total. The largest absolute Gasteiger partial charge is 0.475 e. The molecule has 1 aromatic carbocycles. The average Bonchev–Trinajstić information content (AvgIpc) is 2.70. The van der Waals surface area contributed by atoms with E-state index in [1.54, 1.807) is 13.0 Å². The van der Waals surface area contributed by atoms with Crippen molar-refractivity contribution in [1.82, 2.24) is 0 Å². The van der Waals surface area contributed by atoms with Crippen LogP contribution in [0.1, 0.15) is 21.9 Å². The topological polar surface area (TPSA) is 62.5 Å². The maximum atomic E-state index is 10.8. The molecule has 0 radical (unpaired) electrons. The van der Waals surface area contributed by atoms with Crippen LogP contribution >= 0.6 is 22.6 Å². The summed E-state index contributed by atoms with van der Waals surface area (Å²) >= 11 is 2.25. The number of nitrogens with one attached hydrogen (secondary N) is 1. The van der Waals surface area contributed by atoms with E-state index in [9.17, 15) is 4.79 Å². The van der Waals surface area contributed by atoms with Gasteiger partial charge in [0.1, 0.15) is 5.76 Å². The number of carboxylic acids is 1. The fourth-order valence-corrected chi connectivity index (χ4v) is 2.17. The van der Waals surface area contributed by atoms with E-state index in [2.05, 4.69) is 27.9 Å². The van der Waals surface area contributed by atoms with E-state index in [0.29, 0.717) is 12.3 Å². The highest BCUT2D eigenvalue weighted by molar-refractivity contribution is 14.1. The van der Waals surface area contributed by atoms with Gasteiger partial charge in [-0.25, -0.2) is 4.79 Å². The first-order valence-electron chi connectivity index (χ1n) is 5.39. The molecule has 0 saturated heterocycles. The summed E-state index contributed by atoms with van der Waals surface area (Å²) in [6.07, 6.45) is 0. The summed E-state index contributed by atoms with van der Waals surface area (Å²) in [4.78, 5) is 10.8. The summed E-state index contributed by atoms with van der Waals surface area (Å²) in [6.45, 7) is 2.31. The quantitative estimate of drug-likeness (QED) is 0.823. The number of para-hydroxylation sites is 1.